The minimum Gasteiger partial charge on any atom is -0.508 e. The van der Waals surface area contributed by atoms with Crippen LogP contribution >= 0.6 is 0 Å². The van der Waals surface area contributed by atoms with E-state index in [-0.39, 0.29) is 11.3 Å². The zero-order valence-corrected chi connectivity index (χ0v) is 20.7. The third-order valence-electron chi connectivity index (χ3n) is 7.40. The van der Waals surface area contributed by atoms with Gasteiger partial charge in [0.05, 0.1) is 27.7 Å². The van der Waals surface area contributed by atoms with Crippen molar-refractivity contribution in [1.29, 1.82) is 0 Å². The van der Waals surface area contributed by atoms with Crippen molar-refractivity contribution in [3.05, 3.63) is 64.6 Å². The number of rotatable bonds is 5. The first kappa shape index (κ1) is 22.7. The van der Waals surface area contributed by atoms with E-state index in [1.54, 1.807) is 24.3 Å². The summed E-state index contributed by atoms with van der Waals surface area (Å²) >= 11 is 0. The number of aromatic nitrogens is 4. The molecule has 4 heterocycles. The Hall–Kier alpha value is -3.75. The molecule has 0 bridgehead atoms. The lowest BCUT2D eigenvalue weighted by atomic mass is 9.98. The van der Waals surface area contributed by atoms with Gasteiger partial charge in [-0.05, 0) is 57.3 Å². The number of hydrogen-bond donors (Lipinski definition) is 2. The van der Waals surface area contributed by atoms with Gasteiger partial charge in [-0.3, -0.25) is 9.89 Å². The molecule has 2 N–H and O–H groups in total. The third kappa shape index (κ3) is 3.83. The number of phenols is 1. The molecule has 0 atom stereocenters. The second-order valence-corrected chi connectivity index (χ2v) is 9.76. The molecule has 1 saturated heterocycles. The van der Waals surface area contributed by atoms with Crippen molar-refractivity contribution in [2.24, 2.45) is 0 Å². The fourth-order valence-corrected chi connectivity index (χ4v) is 5.43. The summed E-state index contributed by atoms with van der Waals surface area (Å²) in [5.41, 5.74) is 3.74. The normalized spacial score (nSPS) is 15.4. The monoisotopic (exact) mass is 482 g/mol. The van der Waals surface area contributed by atoms with Gasteiger partial charge >= 0.3 is 0 Å². The second-order valence-electron chi connectivity index (χ2n) is 9.76. The number of phenolic OH excluding ortho intramolecular Hbond substituents is 1. The SMILES string of the molecule is Cc1n[nH]c2nc(-c3ccc(O)cc3)c3c(=O)n(CCCN4CCN(C)CC4)c4ccccc4c3c12. The average molecular weight is 483 g/mol. The van der Waals surface area contributed by atoms with E-state index in [9.17, 15) is 9.90 Å². The number of H-pyrrole nitrogens is 1. The van der Waals surface area contributed by atoms with Gasteiger partial charge in [0.15, 0.2) is 5.65 Å². The van der Waals surface area contributed by atoms with Crippen molar-refractivity contribution < 1.29 is 5.11 Å². The number of para-hydroxylation sites is 1. The molecule has 8 heteroatoms. The first-order valence-electron chi connectivity index (χ1n) is 12.5. The molecule has 0 unspecified atom stereocenters. The number of piperazine rings is 1. The van der Waals surface area contributed by atoms with Crippen LogP contribution in [-0.2, 0) is 6.54 Å². The Bertz CT molecular complexity index is 1630. The van der Waals surface area contributed by atoms with Crippen molar-refractivity contribution in [2.45, 2.75) is 19.9 Å². The van der Waals surface area contributed by atoms with Crippen molar-refractivity contribution >= 4 is 32.7 Å². The largest absolute Gasteiger partial charge is 0.508 e. The fraction of sp³-hybridized carbons (Fsp3) is 0.321. The summed E-state index contributed by atoms with van der Waals surface area (Å²) in [6.07, 6.45) is 0.897. The molecule has 0 spiro atoms. The highest BCUT2D eigenvalue weighted by Crippen LogP contribution is 2.36. The van der Waals surface area contributed by atoms with Gasteiger partial charge in [-0.15, -0.1) is 0 Å². The Morgan fingerprint density at radius 1 is 0.944 bits per heavy atom. The van der Waals surface area contributed by atoms with Gasteiger partial charge < -0.3 is 19.5 Å². The number of aromatic amines is 1. The minimum atomic E-state index is -0.0415. The summed E-state index contributed by atoms with van der Waals surface area (Å²) in [6, 6.07) is 15.0. The molecule has 8 nitrogen and oxygen atoms in total. The summed E-state index contributed by atoms with van der Waals surface area (Å²) in [7, 11) is 2.16. The van der Waals surface area contributed by atoms with Gasteiger partial charge in [0.2, 0.25) is 0 Å². The van der Waals surface area contributed by atoms with Crippen molar-refractivity contribution in [3.8, 4) is 17.0 Å². The maximum absolute atomic E-state index is 14.2. The summed E-state index contributed by atoms with van der Waals surface area (Å²) < 4.78 is 1.92. The maximum atomic E-state index is 14.2. The highest BCUT2D eigenvalue weighted by atomic mass is 16.3. The Morgan fingerprint density at radius 3 is 2.47 bits per heavy atom. The molecular formula is C28H30N6O2. The van der Waals surface area contributed by atoms with Gasteiger partial charge in [-0.1, -0.05) is 18.2 Å². The molecule has 1 aliphatic rings. The second kappa shape index (κ2) is 9.04. The summed E-state index contributed by atoms with van der Waals surface area (Å²) in [6.45, 7) is 7.85. The van der Waals surface area contributed by atoms with Gasteiger partial charge in [0.1, 0.15) is 5.75 Å². The molecule has 1 aliphatic heterocycles. The van der Waals surface area contributed by atoms with Crippen molar-refractivity contribution in [1.82, 2.24) is 29.5 Å². The minimum absolute atomic E-state index is 0.0415. The van der Waals surface area contributed by atoms with Crippen LogP contribution < -0.4 is 5.56 Å². The van der Waals surface area contributed by atoms with Crippen LogP contribution in [0.4, 0.5) is 0 Å². The first-order chi connectivity index (χ1) is 17.5. The smallest absolute Gasteiger partial charge is 0.261 e. The number of nitrogens with zero attached hydrogens (tertiary/aromatic N) is 5. The van der Waals surface area contributed by atoms with Crippen LogP contribution in [0.3, 0.4) is 0 Å². The van der Waals surface area contributed by atoms with E-state index in [2.05, 4.69) is 33.1 Å². The number of fused-ring (bicyclic) bond motifs is 5. The lowest BCUT2D eigenvalue weighted by Crippen LogP contribution is -2.44. The zero-order valence-electron chi connectivity index (χ0n) is 20.7. The summed E-state index contributed by atoms with van der Waals surface area (Å²) in [4.78, 5) is 23.9. The Morgan fingerprint density at radius 2 is 1.69 bits per heavy atom. The van der Waals surface area contributed by atoms with E-state index < -0.39 is 0 Å². The average Bonchev–Trinajstić information content (AvgIpc) is 3.27. The number of nitrogens with one attached hydrogen (secondary N) is 1. The highest BCUT2D eigenvalue weighted by molar-refractivity contribution is 6.21. The molecule has 5 aromatic rings. The number of benzene rings is 2. The molecule has 184 valence electrons. The lowest BCUT2D eigenvalue weighted by Gasteiger charge is -2.32. The molecule has 0 amide bonds. The Labute approximate surface area is 208 Å². The van der Waals surface area contributed by atoms with Gasteiger partial charge in [0.25, 0.3) is 5.56 Å². The Kier molecular flexibility index (Phi) is 5.70. The van der Waals surface area contributed by atoms with E-state index in [0.29, 0.717) is 23.3 Å². The number of likely N-dealkylation sites (N-methyl/N-ethyl adjacent to an activating group) is 1. The molecular weight excluding hydrogens is 452 g/mol. The molecule has 2 aromatic carbocycles. The maximum Gasteiger partial charge on any atom is 0.261 e. The van der Waals surface area contributed by atoms with Crippen LogP contribution in [0.15, 0.2) is 53.3 Å². The van der Waals surface area contributed by atoms with E-state index in [4.69, 9.17) is 4.98 Å². The van der Waals surface area contributed by atoms with E-state index in [1.165, 1.54) is 0 Å². The topological polar surface area (TPSA) is 90.3 Å². The Balaban J connectivity index is 1.55. The summed E-state index contributed by atoms with van der Waals surface area (Å²) in [5, 5.41) is 20.7. The first-order valence-corrected chi connectivity index (χ1v) is 12.5. The number of hydrogen-bond acceptors (Lipinski definition) is 6. The molecule has 0 aliphatic carbocycles. The van der Waals surface area contributed by atoms with Crippen LogP contribution in [0, 0.1) is 6.92 Å². The van der Waals surface area contributed by atoms with E-state index in [0.717, 1.165) is 72.1 Å². The van der Waals surface area contributed by atoms with Gasteiger partial charge in [-0.2, -0.15) is 5.10 Å². The lowest BCUT2D eigenvalue weighted by molar-refractivity contribution is 0.151. The van der Waals surface area contributed by atoms with Crippen LogP contribution in [0.25, 0.3) is 44.0 Å². The van der Waals surface area contributed by atoms with Gasteiger partial charge in [0, 0.05) is 49.1 Å². The molecule has 6 rings (SSSR count). The quantitative estimate of drug-likeness (QED) is 0.371. The predicted molar refractivity (Wildman–Crippen MR) is 144 cm³/mol. The van der Waals surface area contributed by atoms with Gasteiger partial charge in [-0.25, -0.2) is 4.98 Å². The van der Waals surface area contributed by atoms with E-state index in [1.807, 2.05) is 29.7 Å². The number of aryl methyl sites for hydroxylation is 2. The van der Waals surface area contributed by atoms with Crippen molar-refractivity contribution in [3.63, 3.8) is 0 Å². The standard InChI is InChI=1S/C28H30N6O2/c1-18-23-24-21-6-3-4-7-22(21)34(13-5-12-33-16-14-32(2)15-17-33)28(36)25(24)26(29-27(23)31-30-18)19-8-10-20(35)11-9-19/h3-4,6-11,35H,5,12-17H2,1-2H3,(H,29,30,31). The van der Waals surface area contributed by atoms with Crippen LogP contribution in [-0.4, -0.2) is 74.4 Å². The van der Waals surface area contributed by atoms with Crippen LogP contribution in [0.5, 0.6) is 5.75 Å². The molecule has 3 aromatic heterocycles. The highest BCUT2D eigenvalue weighted by Gasteiger charge is 2.22. The number of pyridine rings is 2. The third-order valence-corrected chi connectivity index (χ3v) is 7.40. The zero-order chi connectivity index (χ0) is 24.8. The molecule has 0 saturated carbocycles. The predicted octanol–water partition coefficient (Wildman–Crippen LogP) is 3.74. The van der Waals surface area contributed by atoms with Crippen LogP contribution in [0.1, 0.15) is 12.1 Å². The van der Waals surface area contributed by atoms with Crippen molar-refractivity contribution in [2.75, 3.05) is 39.8 Å². The molecule has 1 fully saturated rings. The fourth-order valence-electron chi connectivity index (χ4n) is 5.43. The molecule has 0 radical (unpaired) electrons. The summed E-state index contributed by atoms with van der Waals surface area (Å²) in [5.74, 6) is 0.174. The molecule has 36 heavy (non-hydrogen) atoms. The van der Waals surface area contributed by atoms with Crippen LogP contribution in [0.2, 0.25) is 0 Å². The van der Waals surface area contributed by atoms with E-state index >= 15 is 0 Å². The number of aromatic hydroxyl groups is 1.